The van der Waals surface area contributed by atoms with E-state index in [0.29, 0.717) is 5.41 Å². The second-order valence-electron chi connectivity index (χ2n) is 6.03. The van der Waals surface area contributed by atoms with Crippen molar-refractivity contribution in [1.29, 1.82) is 0 Å². The predicted octanol–water partition coefficient (Wildman–Crippen LogP) is 5.12. The third-order valence-corrected chi connectivity index (χ3v) is 3.71. The van der Waals surface area contributed by atoms with E-state index in [1.165, 1.54) is 19.3 Å². The summed E-state index contributed by atoms with van der Waals surface area (Å²) in [5.74, 6) is 0.734. The largest absolute Gasteiger partial charge is 0.0725 e. The molecule has 0 N–H and O–H groups in total. The molecule has 1 aliphatic rings. The molecule has 0 aliphatic heterocycles. The van der Waals surface area contributed by atoms with Crippen LogP contribution in [0.4, 0.5) is 0 Å². The van der Waals surface area contributed by atoms with Crippen LogP contribution in [0.2, 0.25) is 0 Å². The SMILES string of the molecule is CCC(C)/C(C)=C1/C=C(C)CC(C)(C)C1. The van der Waals surface area contributed by atoms with Crippen LogP contribution in [-0.4, -0.2) is 0 Å². The third-order valence-electron chi connectivity index (χ3n) is 3.71. The molecule has 0 bridgehead atoms. The van der Waals surface area contributed by atoms with Gasteiger partial charge >= 0.3 is 0 Å². The summed E-state index contributed by atoms with van der Waals surface area (Å²) in [6, 6.07) is 0. The molecule has 0 aromatic rings. The minimum absolute atomic E-state index is 0.461. The molecule has 0 amide bonds. The Morgan fingerprint density at radius 1 is 1.40 bits per heavy atom. The van der Waals surface area contributed by atoms with Gasteiger partial charge in [0.15, 0.2) is 0 Å². The van der Waals surface area contributed by atoms with Gasteiger partial charge in [0.25, 0.3) is 0 Å². The number of hydrogen-bond donors (Lipinski definition) is 0. The highest BCUT2D eigenvalue weighted by Gasteiger charge is 2.25. The summed E-state index contributed by atoms with van der Waals surface area (Å²) >= 11 is 0. The molecular weight excluding hydrogens is 180 g/mol. The molecule has 1 atom stereocenters. The van der Waals surface area contributed by atoms with Crippen LogP contribution in [0, 0.1) is 11.3 Å². The molecule has 1 unspecified atom stereocenters. The maximum atomic E-state index is 2.42. The van der Waals surface area contributed by atoms with E-state index in [9.17, 15) is 0 Å². The Morgan fingerprint density at radius 3 is 2.47 bits per heavy atom. The van der Waals surface area contributed by atoms with Crippen molar-refractivity contribution in [1.82, 2.24) is 0 Å². The van der Waals surface area contributed by atoms with E-state index < -0.39 is 0 Å². The van der Waals surface area contributed by atoms with Gasteiger partial charge in [0.05, 0.1) is 0 Å². The molecule has 0 radical (unpaired) electrons. The van der Waals surface area contributed by atoms with Gasteiger partial charge in [0.2, 0.25) is 0 Å². The van der Waals surface area contributed by atoms with E-state index in [0.717, 1.165) is 5.92 Å². The number of hydrogen-bond acceptors (Lipinski definition) is 0. The lowest BCUT2D eigenvalue weighted by Gasteiger charge is -2.32. The molecule has 15 heavy (non-hydrogen) atoms. The van der Waals surface area contributed by atoms with Crippen molar-refractivity contribution in [2.75, 3.05) is 0 Å². The molecule has 1 aliphatic carbocycles. The Hall–Kier alpha value is -0.520. The molecule has 0 spiro atoms. The Labute approximate surface area is 95.5 Å². The second kappa shape index (κ2) is 4.55. The molecular formula is C15H26. The average Bonchev–Trinajstić information content (AvgIpc) is 2.12. The number of allylic oxidation sites excluding steroid dienone is 4. The monoisotopic (exact) mass is 206 g/mol. The van der Waals surface area contributed by atoms with Gasteiger partial charge in [-0.1, -0.05) is 44.9 Å². The van der Waals surface area contributed by atoms with Gasteiger partial charge in [-0.3, -0.25) is 0 Å². The molecule has 0 heteroatoms. The van der Waals surface area contributed by atoms with Crippen molar-refractivity contribution in [3.8, 4) is 0 Å². The van der Waals surface area contributed by atoms with Crippen molar-refractivity contribution in [3.05, 3.63) is 22.8 Å². The molecule has 0 aromatic heterocycles. The first-order valence-electron chi connectivity index (χ1n) is 6.22. The Kier molecular flexibility index (Phi) is 3.81. The zero-order chi connectivity index (χ0) is 11.6. The fourth-order valence-electron chi connectivity index (χ4n) is 2.61. The van der Waals surface area contributed by atoms with Crippen LogP contribution in [-0.2, 0) is 0 Å². The van der Waals surface area contributed by atoms with Crippen molar-refractivity contribution in [3.63, 3.8) is 0 Å². The van der Waals surface area contributed by atoms with E-state index >= 15 is 0 Å². The fourth-order valence-corrected chi connectivity index (χ4v) is 2.61. The van der Waals surface area contributed by atoms with E-state index in [-0.39, 0.29) is 0 Å². The van der Waals surface area contributed by atoms with E-state index in [1.54, 1.807) is 16.7 Å². The second-order valence-corrected chi connectivity index (χ2v) is 6.03. The quantitative estimate of drug-likeness (QED) is 0.588. The number of rotatable bonds is 2. The maximum absolute atomic E-state index is 2.42. The van der Waals surface area contributed by atoms with Crippen molar-refractivity contribution in [2.45, 2.75) is 60.8 Å². The van der Waals surface area contributed by atoms with Gasteiger partial charge in [-0.15, -0.1) is 0 Å². The maximum Gasteiger partial charge on any atom is -0.0225 e. The average molecular weight is 206 g/mol. The fraction of sp³-hybridized carbons (Fsp3) is 0.733. The Morgan fingerprint density at radius 2 is 2.00 bits per heavy atom. The van der Waals surface area contributed by atoms with Crippen molar-refractivity contribution in [2.24, 2.45) is 11.3 Å². The minimum Gasteiger partial charge on any atom is -0.0725 e. The molecule has 86 valence electrons. The zero-order valence-corrected chi connectivity index (χ0v) is 11.3. The summed E-state index contributed by atoms with van der Waals surface area (Å²) in [6.45, 7) is 14.0. The van der Waals surface area contributed by atoms with Crippen LogP contribution in [0.5, 0.6) is 0 Å². The lowest BCUT2D eigenvalue weighted by molar-refractivity contribution is 0.349. The Balaban J connectivity index is 3.00. The van der Waals surface area contributed by atoms with Crippen LogP contribution in [0.1, 0.15) is 60.8 Å². The highest BCUT2D eigenvalue weighted by molar-refractivity contribution is 5.33. The zero-order valence-electron chi connectivity index (χ0n) is 11.3. The standard InChI is InChI=1S/C15H26/c1-7-12(3)13(4)14-8-11(2)9-15(5,6)10-14/h8,12H,7,9-10H2,1-6H3/b14-13-. The first-order chi connectivity index (χ1) is 6.85. The van der Waals surface area contributed by atoms with Crippen LogP contribution in [0.3, 0.4) is 0 Å². The summed E-state index contributed by atoms with van der Waals surface area (Å²) in [7, 11) is 0. The molecule has 1 rings (SSSR count). The highest BCUT2D eigenvalue weighted by Crippen LogP contribution is 2.39. The van der Waals surface area contributed by atoms with E-state index in [1.807, 2.05) is 0 Å². The van der Waals surface area contributed by atoms with E-state index in [2.05, 4.69) is 47.6 Å². The molecule has 0 nitrogen and oxygen atoms in total. The molecule has 0 saturated carbocycles. The van der Waals surface area contributed by atoms with Gasteiger partial charge < -0.3 is 0 Å². The predicted molar refractivity (Wildman–Crippen MR) is 68.9 cm³/mol. The minimum atomic E-state index is 0.461. The van der Waals surface area contributed by atoms with Gasteiger partial charge in [-0.2, -0.15) is 0 Å². The van der Waals surface area contributed by atoms with Gasteiger partial charge in [0, 0.05) is 0 Å². The lowest BCUT2D eigenvalue weighted by atomic mass is 9.73. The smallest absolute Gasteiger partial charge is 0.0225 e. The van der Waals surface area contributed by atoms with Crippen LogP contribution in [0.25, 0.3) is 0 Å². The Bertz CT molecular complexity index is 289. The van der Waals surface area contributed by atoms with Gasteiger partial charge in [-0.05, 0) is 50.0 Å². The summed E-state index contributed by atoms with van der Waals surface area (Å²) in [5, 5.41) is 0. The molecule has 0 aromatic carbocycles. The topological polar surface area (TPSA) is 0 Å². The third kappa shape index (κ3) is 3.22. The van der Waals surface area contributed by atoms with Crippen molar-refractivity contribution < 1.29 is 0 Å². The van der Waals surface area contributed by atoms with Crippen LogP contribution >= 0.6 is 0 Å². The summed E-state index contributed by atoms with van der Waals surface area (Å²) < 4.78 is 0. The van der Waals surface area contributed by atoms with Crippen LogP contribution in [0.15, 0.2) is 22.8 Å². The normalized spacial score (nSPS) is 25.9. The first kappa shape index (κ1) is 12.5. The van der Waals surface area contributed by atoms with Gasteiger partial charge in [0.1, 0.15) is 0 Å². The first-order valence-corrected chi connectivity index (χ1v) is 6.22. The highest BCUT2D eigenvalue weighted by atomic mass is 14.3. The van der Waals surface area contributed by atoms with E-state index in [4.69, 9.17) is 0 Å². The molecule has 0 saturated heterocycles. The summed E-state index contributed by atoms with van der Waals surface area (Å²) in [6.07, 6.45) is 6.18. The molecule has 0 heterocycles. The molecule has 0 fully saturated rings. The van der Waals surface area contributed by atoms with Crippen molar-refractivity contribution >= 4 is 0 Å². The van der Waals surface area contributed by atoms with Crippen LogP contribution < -0.4 is 0 Å². The lowest BCUT2D eigenvalue weighted by Crippen LogP contribution is -2.18. The summed E-state index contributed by atoms with van der Waals surface area (Å²) in [5.41, 5.74) is 5.20. The summed E-state index contributed by atoms with van der Waals surface area (Å²) in [4.78, 5) is 0. The van der Waals surface area contributed by atoms with Gasteiger partial charge in [-0.25, -0.2) is 0 Å².